The molecule has 1 aliphatic carbocycles. The molecule has 2 amide bonds. The monoisotopic (exact) mass is 951 g/mol. The number of aliphatic imine (C=N–C) groups is 1. The van der Waals surface area contributed by atoms with Crippen molar-refractivity contribution in [2.75, 3.05) is 6.61 Å². The van der Waals surface area contributed by atoms with Gasteiger partial charge in [-0.1, -0.05) is 99.0 Å². The fourth-order valence-corrected chi connectivity index (χ4v) is 8.30. The number of benzene rings is 4. The van der Waals surface area contributed by atoms with Gasteiger partial charge in [0.1, 0.15) is 25.2 Å². The third-order valence-electron chi connectivity index (χ3n) is 11.6. The number of aromatic nitrogens is 4. The van der Waals surface area contributed by atoms with Crippen LogP contribution in [0.3, 0.4) is 0 Å². The highest BCUT2D eigenvalue weighted by molar-refractivity contribution is 6.32. The molecule has 0 bridgehead atoms. The molecule has 350 valence electrons. The predicted molar refractivity (Wildman–Crippen MR) is 241 cm³/mol. The molecule has 4 aromatic carbocycles. The van der Waals surface area contributed by atoms with Crippen LogP contribution in [0.15, 0.2) is 121 Å². The molecule has 6 aromatic rings. The van der Waals surface area contributed by atoms with Gasteiger partial charge in [-0.3, -0.25) is 19.8 Å². The molecule has 12 nitrogen and oxygen atoms in total. The lowest BCUT2D eigenvalue weighted by Gasteiger charge is -2.35. The fraction of sp³-hybridized carbons (Fsp3) is 0.300. The number of hydrogen-bond acceptors (Lipinski definition) is 9. The molecule has 2 aromatic heterocycles. The van der Waals surface area contributed by atoms with Crippen molar-refractivity contribution in [1.82, 2.24) is 30.0 Å². The molecule has 0 unspecified atom stereocenters. The summed E-state index contributed by atoms with van der Waals surface area (Å²) in [4.78, 5) is 57.4. The van der Waals surface area contributed by atoms with E-state index < -0.39 is 71.8 Å². The summed E-state index contributed by atoms with van der Waals surface area (Å²) in [5.74, 6) is 3.11. The zero-order valence-electron chi connectivity index (χ0n) is 36.9. The number of nitrogens with one attached hydrogen (secondary N) is 1. The summed E-state index contributed by atoms with van der Waals surface area (Å²) in [6.45, 7) is 4.71. The van der Waals surface area contributed by atoms with Crippen LogP contribution in [0, 0.1) is 22.7 Å². The van der Waals surface area contributed by atoms with Crippen LogP contribution in [-0.2, 0) is 31.2 Å². The lowest BCUT2D eigenvalue weighted by Crippen LogP contribution is -2.49. The Balaban J connectivity index is 1.24. The molecule has 0 saturated heterocycles. The van der Waals surface area contributed by atoms with Crippen LogP contribution in [0.5, 0.6) is 0 Å². The van der Waals surface area contributed by atoms with Gasteiger partial charge in [0.25, 0.3) is 12.3 Å². The second-order valence-corrected chi connectivity index (χ2v) is 18.2. The van der Waals surface area contributed by atoms with Crippen LogP contribution in [0.25, 0.3) is 16.6 Å². The first kappa shape index (κ1) is 47.3. The molecule has 68 heavy (non-hydrogen) atoms. The molecule has 3 heterocycles. The number of hydrogen-bond donors (Lipinski definition) is 1. The Morgan fingerprint density at radius 1 is 0.897 bits per heavy atom. The summed E-state index contributed by atoms with van der Waals surface area (Å²) in [5, 5.41) is 7.11. The van der Waals surface area contributed by atoms with E-state index in [2.05, 4.69) is 27.2 Å². The number of alkyl halides is 5. The van der Waals surface area contributed by atoms with Crippen LogP contribution in [0.1, 0.15) is 92.7 Å². The van der Waals surface area contributed by atoms with Crippen molar-refractivity contribution >= 4 is 46.4 Å². The Morgan fingerprint density at radius 3 is 2.29 bits per heavy atom. The first-order valence-corrected chi connectivity index (χ1v) is 21.8. The Bertz CT molecular complexity index is 2960. The smallest absolute Gasteiger partial charge is 0.414 e. The van der Waals surface area contributed by atoms with E-state index in [0.29, 0.717) is 27.7 Å². The molecule has 1 aliphatic heterocycles. The van der Waals surface area contributed by atoms with E-state index in [-0.39, 0.29) is 48.1 Å². The lowest BCUT2D eigenvalue weighted by molar-refractivity contribution is -0.195. The van der Waals surface area contributed by atoms with Gasteiger partial charge in [0.15, 0.2) is 11.4 Å². The zero-order valence-corrected chi connectivity index (χ0v) is 37.6. The minimum Gasteiger partial charge on any atom is -0.463 e. The quantitative estimate of drug-likeness (QED) is 0.0726. The summed E-state index contributed by atoms with van der Waals surface area (Å²) in [7, 11) is 0. The summed E-state index contributed by atoms with van der Waals surface area (Å²) in [5.41, 5.74) is -1.87. The van der Waals surface area contributed by atoms with Crippen LogP contribution in [0.4, 0.5) is 26.7 Å². The molecule has 1 N–H and O–H groups in total. The van der Waals surface area contributed by atoms with Crippen LogP contribution in [-0.4, -0.2) is 61.4 Å². The molecule has 2 atom stereocenters. The minimum atomic E-state index is -4.68. The Kier molecular flexibility index (Phi) is 13.1. The largest absolute Gasteiger partial charge is 0.463 e. The first-order chi connectivity index (χ1) is 32.3. The molecule has 1 saturated carbocycles. The van der Waals surface area contributed by atoms with Crippen LogP contribution < -0.4 is 5.32 Å². The van der Waals surface area contributed by atoms with E-state index in [9.17, 15) is 31.5 Å². The highest BCUT2D eigenvalue weighted by Crippen LogP contribution is 2.60. The molecular weight excluding hydrogens is 909 g/mol. The highest BCUT2D eigenvalue weighted by atomic mass is 35.5. The van der Waals surface area contributed by atoms with Gasteiger partial charge >= 0.3 is 18.2 Å². The van der Waals surface area contributed by atoms with Crippen molar-refractivity contribution in [3.63, 3.8) is 0 Å². The van der Waals surface area contributed by atoms with Crippen molar-refractivity contribution in [3.8, 4) is 17.5 Å². The topological polar surface area (TPSA) is 141 Å². The lowest BCUT2D eigenvalue weighted by atomic mass is 9.75. The van der Waals surface area contributed by atoms with Crippen molar-refractivity contribution in [2.45, 2.75) is 77.2 Å². The number of ether oxygens (including phenoxy) is 2. The number of amides is 2. The number of fused-ring (bicyclic) bond motifs is 1. The van der Waals surface area contributed by atoms with E-state index in [0.717, 1.165) is 21.5 Å². The molecule has 18 heteroatoms. The SMILES string of the molecule is CC(C)(C)C[C@]1(c2ccc3nc(C#Cc4ccccc4)ccc3c2)N=C(NC(=O)OCc2ccccc2)N([C@H](COC(=O)CC2(C(F)(F)F)CC2)c2ccc(Cl)c(-n3ncnc3C(F)F)c2)C1=O. The van der Waals surface area contributed by atoms with Gasteiger partial charge in [0, 0.05) is 10.9 Å². The van der Waals surface area contributed by atoms with Crippen molar-refractivity contribution in [1.29, 1.82) is 0 Å². The molecule has 8 rings (SSSR count). The number of guanidine groups is 1. The molecule has 2 aliphatic rings. The molecule has 1 fully saturated rings. The third-order valence-corrected chi connectivity index (χ3v) is 11.9. The number of halogens is 6. The maximum atomic E-state index is 15.8. The molecule has 0 spiro atoms. The number of esters is 1. The van der Waals surface area contributed by atoms with Gasteiger partial charge in [-0.05, 0) is 95.8 Å². The van der Waals surface area contributed by atoms with E-state index in [1.165, 1.54) is 18.2 Å². The number of rotatable bonds is 12. The van der Waals surface area contributed by atoms with Crippen LogP contribution >= 0.6 is 11.6 Å². The summed E-state index contributed by atoms with van der Waals surface area (Å²) in [6, 6.07) is 29.4. The van der Waals surface area contributed by atoms with Crippen molar-refractivity contribution in [2.24, 2.45) is 15.8 Å². The Hall–Kier alpha value is -7.19. The van der Waals surface area contributed by atoms with Gasteiger partial charge in [-0.15, -0.1) is 0 Å². The van der Waals surface area contributed by atoms with E-state index in [4.69, 9.17) is 31.1 Å². The van der Waals surface area contributed by atoms with E-state index in [1.54, 1.807) is 60.7 Å². The van der Waals surface area contributed by atoms with Gasteiger partial charge in [-0.25, -0.2) is 33.2 Å². The van der Waals surface area contributed by atoms with Crippen molar-refractivity contribution in [3.05, 3.63) is 154 Å². The van der Waals surface area contributed by atoms with Gasteiger partial charge in [0.2, 0.25) is 5.96 Å². The van der Waals surface area contributed by atoms with Gasteiger partial charge in [0.05, 0.1) is 34.1 Å². The number of pyridine rings is 1. The van der Waals surface area contributed by atoms with Crippen molar-refractivity contribution < 1.29 is 45.8 Å². The predicted octanol–water partition coefficient (Wildman–Crippen LogP) is 10.6. The number of carbonyl (C=O) groups excluding carboxylic acids is 3. The van der Waals surface area contributed by atoms with E-state index in [1.807, 2.05) is 51.1 Å². The average Bonchev–Trinajstić information content (AvgIpc) is 3.84. The third kappa shape index (κ3) is 10.2. The fourth-order valence-electron chi connectivity index (χ4n) is 8.10. The normalized spacial score (nSPS) is 17.1. The average molecular weight is 952 g/mol. The summed E-state index contributed by atoms with van der Waals surface area (Å²) in [6.07, 6.45) is -9.38. The van der Waals surface area contributed by atoms with E-state index >= 15 is 4.79 Å². The van der Waals surface area contributed by atoms with Gasteiger partial charge < -0.3 is 9.47 Å². The highest BCUT2D eigenvalue weighted by Gasteiger charge is 2.64. The second-order valence-electron chi connectivity index (χ2n) is 17.8. The number of carbonyl (C=O) groups is 3. The number of alkyl carbamates (subject to hydrolysis) is 1. The first-order valence-electron chi connectivity index (χ1n) is 21.4. The maximum Gasteiger partial charge on any atom is 0.414 e. The second kappa shape index (κ2) is 18.8. The minimum absolute atomic E-state index is 0.0301. The summed E-state index contributed by atoms with van der Waals surface area (Å²) >= 11 is 6.58. The zero-order chi connectivity index (χ0) is 48.4. The molecular formula is C50H43ClF5N7O5. The summed E-state index contributed by atoms with van der Waals surface area (Å²) < 4.78 is 82.5. The standard InChI is InChI=1S/C50H43ClF5N7O5/c1-47(2,3)29-49(35-17-21-38-33(24-35)15-19-36(59-38)18-14-31-10-6-4-7-11-31)44(65)62(45(61-49)60-46(66)68-27-32-12-8-5-9-13-32)40(28-67-41(64)26-48(22-23-48)50(54,55)56)34-16-20-37(51)39(25-34)63-43(42(52)53)57-30-58-63/h4-13,15-17,19-21,24-25,30,40,42H,22-23,26-29H2,1-3H3,(H,60,61,66)/t40-,49-/m1/s1. The van der Waals surface area contributed by atoms with Crippen LogP contribution in [0.2, 0.25) is 5.02 Å². The Morgan fingerprint density at radius 2 is 1.62 bits per heavy atom. The Labute approximate surface area is 392 Å². The van der Waals surface area contributed by atoms with Gasteiger partial charge in [-0.2, -0.15) is 18.3 Å². The maximum absolute atomic E-state index is 15.8. The number of nitrogens with zero attached hydrogens (tertiary/aromatic N) is 6. The molecule has 0 radical (unpaired) electrons.